The van der Waals surface area contributed by atoms with Crippen LogP contribution in [0.5, 0.6) is 11.5 Å². The monoisotopic (exact) mass is 365 g/mol. The van der Waals surface area contributed by atoms with E-state index in [0.29, 0.717) is 40.9 Å². The summed E-state index contributed by atoms with van der Waals surface area (Å²) in [6.07, 6.45) is 3.35. The van der Waals surface area contributed by atoms with Gasteiger partial charge in [-0.15, -0.1) is 16.8 Å². The number of nitrogens with one attached hydrogen (secondary N) is 1. The van der Waals surface area contributed by atoms with E-state index in [1.54, 1.807) is 48.8 Å². The first-order valence-corrected chi connectivity index (χ1v) is 8.15. The van der Waals surface area contributed by atoms with Gasteiger partial charge in [0.05, 0.1) is 19.8 Å². The molecule has 1 amide bonds. The first-order valence-electron chi connectivity index (χ1n) is 8.15. The van der Waals surface area contributed by atoms with Gasteiger partial charge >= 0.3 is 0 Å². The van der Waals surface area contributed by atoms with Crippen LogP contribution >= 0.6 is 0 Å². The molecule has 8 heteroatoms. The van der Waals surface area contributed by atoms with Gasteiger partial charge in [0.15, 0.2) is 5.82 Å². The number of methoxy groups -OCH3 is 2. The SMILES string of the molecule is C=CCn1cnnc1-c1cccc(NC(=O)c2cc(OC)ccc2OC)n1. The lowest BCUT2D eigenvalue weighted by Crippen LogP contribution is -2.14. The summed E-state index contributed by atoms with van der Waals surface area (Å²) in [4.78, 5) is 17.2. The van der Waals surface area contributed by atoms with E-state index in [2.05, 4.69) is 27.1 Å². The predicted octanol–water partition coefficient (Wildman–Crippen LogP) is 2.80. The Hall–Kier alpha value is -3.68. The lowest BCUT2D eigenvalue weighted by Gasteiger charge is -2.11. The van der Waals surface area contributed by atoms with Gasteiger partial charge in [-0.2, -0.15) is 0 Å². The highest BCUT2D eigenvalue weighted by Gasteiger charge is 2.15. The van der Waals surface area contributed by atoms with Crippen LogP contribution in [0.1, 0.15) is 10.4 Å². The molecule has 0 aliphatic rings. The molecule has 0 atom stereocenters. The van der Waals surface area contributed by atoms with E-state index in [0.717, 1.165) is 0 Å². The fourth-order valence-corrected chi connectivity index (χ4v) is 2.53. The van der Waals surface area contributed by atoms with E-state index in [4.69, 9.17) is 9.47 Å². The Bertz CT molecular complexity index is 967. The minimum atomic E-state index is -0.358. The average Bonchev–Trinajstić information content (AvgIpc) is 3.16. The summed E-state index contributed by atoms with van der Waals surface area (Å²) in [6.45, 7) is 4.27. The zero-order valence-electron chi connectivity index (χ0n) is 15.0. The Kier molecular flexibility index (Phi) is 5.46. The molecule has 0 aliphatic heterocycles. The van der Waals surface area contributed by atoms with Gasteiger partial charge in [0.1, 0.15) is 29.3 Å². The second-order valence-electron chi connectivity index (χ2n) is 5.52. The van der Waals surface area contributed by atoms with Gasteiger partial charge in [0.25, 0.3) is 5.91 Å². The standard InChI is InChI=1S/C19H19N5O3/c1-4-10-24-12-20-23-18(24)15-6-5-7-17(21-15)22-19(25)14-11-13(26-2)8-9-16(14)27-3/h4-9,11-12H,1,10H2,2-3H3,(H,21,22,25). The number of hydrogen-bond acceptors (Lipinski definition) is 6. The van der Waals surface area contributed by atoms with Crippen LogP contribution in [0, 0.1) is 0 Å². The molecule has 138 valence electrons. The number of hydrogen-bond donors (Lipinski definition) is 1. The topological polar surface area (TPSA) is 91.2 Å². The number of aromatic nitrogens is 4. The van der Waals surface area contributed by atoms with E-state index in [1.165, 1.54) is 14.2 Å². The average molecular weight is 365 g/mol. The van der Waals surface area contributed by atoms with Gasteiger partial charge in [0, 0.05) is 6.54 Å². The molecule has 1 aromatic carbocycles. The molecular weight excluding hydrogens is 346 g/mol. The van der Waals surface area contributed by atoms with Crippen molar-refractivity contribution in [3.8, 4) is 23.0 Å². The van der Waals surface area contributed by atoms with Crippen LogP contribution in [0.15, 0.2) is 55.4 Å². The number of rotatable bonds is 7. The number of amides is 1. The molecule has 3 rings (SSSR count). The van der Waals surface area contributed by atoms with Crippen molar-refractivity contribution in [3.63, 3.8) is 0 Å². The number of anilines is 1. The molecule has 3 aromatic rings. The summed E-state index contributed by atoms with van der Waals surface area (Å²) >= 11 is 0. The number of ether oxygens (including phenoxy) is 2. The van der Waals surface area contributed by atoms with Crippen molar-refractivity contribution in [2.45, 2.75) is 6.54 Å². The molecule has 1 N–H and O–H groups in total. The molecular formula is C19H19N5O3. The molecule has 0 saturated heterocycles. The highest BCUT2D eigenvalue weighted by atomic mass is 16.5. The lowest BCUT2D eigenvalue weighted by molar-refractivity contribution is 0.102. The zero-order valence-corrected chi connectivity index (χ0v) is 15.0. The maximum atomic E-state index is 12.7. The molecule has 8 nitrogen and oxygen atoms in total. The minimum Gasteiger partial charge on any atom is -0.497 e. The smallest absolute Gasteiger partial charge is 0.260 e. The number of allylic oxidation sites excluding steroid dienone is 1. The van der Waals surface area contributed by atoms with Crippen LogP contribution < -0.4 is 14.8 Å². The summed E-state index contributed by atoms with van der Waals surface area (Å²) in [5, 5.41) is 10.8. The minimum absolute atomic E-state index is 0.346. The Morgan fingerprint density at radius 1 is 1.26 bits per heavy atom. The van der Waals surface area contributed by atoms with Crippen molar-refractivity contribution in [1.82, 2.24) is 19.7 Å². The molecule has 2 heterocycles. The summed E-state index contributed by atoms with van der Waals surface area (Å²) in [7, 11) is 3.04. The number of carbonyl (C=O) groups is 1. The number of pyridine rings is 1. The third kappa shape index (κ3) is 3.95. The first-order chi connectivity index (χ1) is 13.2. The normalized spacial score (nSPS) is 10.3. The van der Waals surface area contributed by atoms with E-state index in [9.17, 15) is 4.79 Å². The molecule has 0 aliphatic carbocycles. The number of benzene rings is 1. The lowest BCUT2D eigenvalue weighted by atomic mass is 10.1. The Balaban J connectivity index is 1.87. The largest absolute Gasteiger partial charge is 0.497 e. The Morgan fingerprint density at radius 2 is 2.11 bits per heavy atom. The van der Waals surface area contributed by atoms with Crippen molar-refractivity contribution < 1.29 is 14.3 Å². The molecule has 0 radical (unpaired) electrons. The molecule has 0 spiro atoms. The third-order valence-electron chi connectivity index (χ3n) is 3.81. The van der Waals surface area contributed by atoms with Crippen LogP contribution in [0.4, 0.5) is 5.82 Å². The zero-order chi connectivity index (χ0) is 19.2. The van der Waals surface area contributed by atoms with Crippen molar-refractivity contribution in [2.75, 3.05) is 19.5 Å². The molecule has 0 bridgehead atoms. The van der Waals surface area contributed by atoms with Crippen LogP contribution in [-0.2, 0) is 6.54 Å². The maximum absolute atomic E-state index is 12.7. The summed E-state index contributed by atoms with van der Waals surface area (Å²) < 4.78 is 12.3. The van der Waals surface area contributed by atoms with Crippen LogP contribution in [-0.4, -0.2) is 39.9 Å². The Labute approximate surface area is 156 Å². The third-order valence-corrected chi connectivity index (χ3v) is 3.81. The van der Waals surface area contributed by atoms with Crippen molar-refractivity contribution in [3.05, 3.63) is 60.9 Å². The summed E-state index contributed by atoms with van der Waals surface area (Å²) in [6, 6.07) is 10.3. The summed E-state index contributed by atoms with van der Waals surface area (Å²) in [5.41, 5.74) is 0.934. The number of carbonyl (C=O) groups excluding carboxylic acids is 1. The molecule has 0 fully saturated rings. The van der Waals surface area contributed by atoms with Gasteiger partial charge in [-0.3, -0.25) is 4.79 Å². The number of nitrogens with zero attached hydrogens (tertiary/aromatic N) is 4. The molecule has 2 aromatic heterocycles. The van der Waals surface area contributed by atoms with Gasteiger partial charge in [0.2, 0.25) is 0 Å². The van der Waals surface area contributed by atoms with E-state index >= 15 is 0 Å². The molecule has 27 heavy (non-hydrogen) atoms. The van der Waals surface area contributed by atoms with E-state index in [-0.39, 0.29) is 5.91 Å². The quantitative estimate of drug-likeness (QED) is 0.648. The van der Waals surface area contributed by atoms with Crippen LogP contribution in [0.25, 0.3) is 11.5 Å². The molecule has 0 unspecified atom stereocenters. The molecule has 0 saturated carbocycles. The van der Waals surface area contributed by atoms with Crippen LogP contribution in [0.3, 0.4) is 0 Å². The van der Waals surface area contributed by atoms with Crippen molar-refractivity contribution in [2.24, 2.45) is 0 Å². The fraction of sp³-hybridized carbons (Fsp3) is 0.158. The highest BCUT2D eigenvalue weighted by Crippen LogP contribution is 2.25. The predicted molar refractivity (Wildman–Crippen MR) is 101 cm³/mol. The maximum Gasteiger partial charge on any atom is 0.260 e. The highest BCUT2D eigenvalue weighted by molar-refractivity contribution is 6.06. The van der Waals surface area contributed by atoms with Crippen molar-refractivity contribution >= 4 is 11.7 Å². The van der Waals surface area contributed by atoms with Gasteiger partial charge in [-0.05, 0) is 30.3 Å². The van der Waals surface area contributed by atoms with E-state index < -0.39 is 0 Å². The van der Waals surface area contributed by atoms with Crippen molar-refractivity contribution in [1.29, 1.82) is 0 Å². The van der Waals surface area contributed by atoms with Crippen LogP contribution in [0.2, 0.25) is 0 Å². The fourth-order valence-electron chi connectivity index (χ4n) is 2.53. The summed E-state index contributed by atoms with van der Waals surface area (Å²) in [5.74, 6) is 1.61. The first kappa shape index (κ1) is 18.1. The van der Waals surface area contributed by atoms with E-state index in [1.807, 2.05) is 4.57 Å². The van der Waals surface area contributed by atoms with Gasteiger partial charge < -0.3 is 19.4 Å². The second kappa shape index (κ2) is 8.13. The Morgan fingerprint density at radius 3 is 2.85 bits per heavy atom. The van der Waals surface area contributed by atoms with Gasteiger partial charge in [-0.25, -0.2) is 4.98 Å². The van der Waals surface area contributed by atoms with Gasteiger partial charge in [-0.1, -0.05) is 12.1 Å². The second-order valence-corrected chi connectivity index (χ2v) is 5.52.